The minimum absolute atomic E-state index is 0.514. The number of likely N-dealkylation sites (tertiary alicyclic amines) is 1. The van der Waals surface area contributed by atoms with Crippen LogP contribution in [0.4, 0.5) is 0 Å². The van der Waals surface area contributed by atoms with Gasteiger partial charge in [-0.05, 0) is 46.0 Å². The summed E-state index contributed by atoms with van der Waals surface area (Å²) in [5.74, 6) is 1.08. The Balaban J connectivity index is 1.33. The van der Waals surface area contributed by atoms with Crippen molar-refractivity contribution in [2.45, 2.75) is 25.3 Å². The Hall–Kier alpha value is -1.33. The molecule has 0 spiro atoms. The molecule has 1 saturated heterocycles. The van der Waals surface area contributed by atoms with Crippen LogP contribution in [0.1, 0.15) is 23.6 Å². The van der Waals surface area contributed by atoms with Crippen LogP contribution in [0.25, 0.3) is 0 Å². The molecule has 0 N–H and O–H groups in total. The van der Waals surface area contributed by atoms with Crippen LogP contribution in [0.2, 0.25) is 0 Å². The van der Waals surface area contributed by atoms with Gasteiger partial charge in [-0.25, -0.2) is 0 Å². The van der Waals surface area contributed by atoms with Gasteiger partial charge in [0.05, 0.1) is 23.3 Å². The lowest BCUT2D eigenvalue weighted by Crippen LogP contribution is -2.24. The Labute approximate surface area is 139 Å². The number of halogens is 1. The zero-order valence-corrected chi connectivity index (χ0v) is 14.1. The van der Waals surface area contributed by atoms with Crippen LogP contribution in [-0.4, -0.2) is 40.9 Å². The van der Waals surface area contributed by atoms with Crippen molar-refractivity contribution in [1.82, 2.24) is 14.7 Å². The summed E-state index contributed by atoms with van der Waals surface area (Å²) in [6.45, 7) is 4.23. The van der Waals surface area contributed by atoms with Crippen molar-refractivity contribution in [2.24, 2.45) is 0 Å². The van der Waals surface area contributed by atoms with Gasteiger partial charge in [-0.1, -0.05) is 12.1 Å². The number of nitrogens with zero attached hydrogens (tertiary/aromatic N) is 3. The summed E-state index contributed by atoms with van der Waals surface area (Å²) in [7, 11) is 0. The predicted octanol–water partition coefficient (Wildman–Crippen LogP) is 3.07. The standard InChI is InChI=1S/C17H20BrN3O/c18-15-10-19-21(11-15)16-4-7-20(12-16)6-3-13-1-2-17-14(9-13)5-8-22-17/h1-2,9-11,16H,3-8,12H2. The van der Waals surface area contributed by atoms with E-state index >= 15 is 0 Å². The third-order valence-electron chi connectivity index (χ3n) is 4.66. The molecular formula is C17H20BrN3O. The molecule has 0 radical (unpaired) electrons. The largest absolute Gasteiger partial charge is 0.493 e. The Morgan fingerprint density at radius 2 is 2.32 bits per heavy atom. The zero-order chi connectivity index (χ0) is 14.9. The van der Waals surface area contributed by atoms with E-state index in [1.54, 1.807) is 0 Å². The van der Waals surface area contributed by atoms with Crippen molar-refractivity contribution in [3.05, 3.63) is 46.2 Å². The smallest absolute Gasteiger partial charge is 0.122 e. The minimum atomic E-state index is 0.514. The van der Waals surface area contributed by atoms with Crippen molar-refractivity contribution < 1.29 is 4.74 Å². The summed E-state index contributed by atoms with van der Waals surface area (Å²) in [5, 5.41) is 4.42. The average Bonchev–Trinajstić information content (AvgIpc) is 3.24. The molecule has 0 aliphatic carbocycles. The maximum atomic E-state index is 5.57. The summed E-state index contributed by atoms with van der Waals surface area (Å²) in [6.07, 6.45) is 7.31. The first kappa shape index (κ1) is 14.3. The van der Waals surface area contributed by atoms with E-state index in [2.05, 4.69) is 55.0 Å². The lowest BCUT2D eigenvalue weighted by atomic mass is 10.1. The van der Waals surface area contributed by atoms with Crippen LogP contribution in [-0.2, 0) is 12.8 Å². The van der Waals surface area contributed by atoms with E-state index in [4.69, 9.17) is 4.74 Å². The first-order valence-electron chi connectivity index (χ1n) is 7.94. The summed E-state index contributed by atoms with van der Waals surface area (Å²) in [4.78, 5) is 2.55. The van der Waals surface area contributed by atoms with Gasteiger partial charge in [0.25, 0.3) is 0 Å². The van der Waals surface area contributed by atoms with E-state index in [1.807, 2.05) is 6.20 Å². The molecule has 1 atom stereocenters. The van der Waals surface area contributed by atoms with E-state index in [0.717, 1.165) is 49.3 Å². The fraction of sp³-hybridized carbons (Fsp3) is 0.471. The maximum Gasteiger partial charge on any atom is 0.122 e. The van der Waals surface area contributed by atoms with Crippen molar-refractivity contribution in [3.63, 3.8) is 0 Å². The molecule has 1 fully saturated rings. The Morgan fingerprint density at radius 3 is 3.18 bits per heavy atom. The van der Waals surface area contributed by atoms with Crippen LogP contribution in [0.15, 0.2) is 35.1 Å². The normalized spacial score (nSPS) is 21.0. The maximum absolute atomic E-state index is 5.57. The van der Waals surface area contributed by atoms with Gasteiger partial charge in [0.2, 0.25) is 0 Å². The van der Waals surface area contributed by atoms with Gasteiger partial charge in [-0.3, -0.25) is 4.68 Å². The summed E-state index contributed by atoms with van der Waals surface area (Å²) < 4.78 is 8.73. The molecule has 1 aromatic carbocycles. The number of fused-ring (bicyclic) bond motifs is 1. The first-order valence-corrected chi connectivity index (χ1v) is 8.74. The molecule has 2 aliphatic rings. The lowest BCUT2D eigenvalue weighted by Gasteiger charge is -2.16. The highest BCUT2D eigenvalue weighted by atomic mass is 79.9. The second-order valence-electron chi connectivity index (χ2n) is 6.17. The molecule has 2 aromatic rings. The first-order chi connectivity index (χ1) is 10.8. The Kier molecular flexibility index (Phi) is 3.92. The fourth-order valence-electron chi connectivity index (χ4n) is 3.43. The van der Waals surface area contributed by atoms with Crippen LogP contribution in [0, 0.1) is 0 Å². The van der Waals surface area contributed by atoms with Crippen molar-refractivity contribution in [3.8, 4) is 5.75 Å². The number of rotatable bonds is 4. The molecule has 1 unspecified atom stereocenters. The second-order valence-corrected chi connectivity index (χ2v) is 7.09. The number of aromatic nitrogens is 2. The Bertz CT molecular complexity index is 670. The van der Waals surface area contributed by atoms with Crippen LogP contribution >= 0.6 is 15.9 Å². The van der Waals surface area contributed by atoms with E-state index < -0.39 is 0 Å². The lowest BCUT2D eigenvalue weighted by molar-refractivity contribution is 0.323. The fourth-order valence-corrected chi connectivity index (χ4v) is 3.73. The van der Waals surface area contributed by atoms with Gasteiger partial charge in [0.1, 0.15) is 5.75 Å². The van der Waals surface area contributed by atoms with Gasteiger partial charge in [-0.15, -0.1) is 0 Å². The second kappa shape index (κ2) is 6.05. The number of hydrogen-bond acceptors (Lipinski definition) is 3. The monoisotopic (exact) mass is 361 g/mol. The summed E-state index contributed by atoms with van der Waals surface area (Å²) in [6, 6.07) is 7.17. The zero-order valence-electron chi connectivity index (χ0n) is 12.5. The highest BCUT2D eigenvalue weighted by molar-refractivity contribution is 9.10. The van der Waals surface area contributed by atoms with Gasteiger partial charge < -0.3 is 9.64 Å². The molecule has 3 heterocycles. The summed E-state index contributed by atoms with van der Waals surface area (Å²) >= 11 is 3.47. The highest BCUT2D eigenvalue weighted by Crippen LogP contribution is 2.27. The van der Waals surface area contributed by atoms with Crippen LogP contribution in [0.5, 0.6) is 5.75 Å². The highest BCUT2D eigenvalue weighted by Gasteiger charge is 2.24. The molecule has 22 heavy (non-hydrogen) atoms. The van der Waals surface area contributed by atoms with E-state index in [1.165, 1.54) is 17.5 Å². The Morgan fingerprint density at radius 1 is 1.36 bits per heavy atom. The quantitative estimate of drug-likeness (QED) is 0.838. The number of hydrogen-bond donors (Lipinski definition) is 0. The molecule has 0 saturated carbocycles. The molecule has 0 amide bonds. The van der Waals surface area contributed by atoms with Gasteiger partial charge in [-0.2, -0.15) is 5.10 Å². The van der Waals surface area contributed by atoms with Crippen molar-refractivity contribution in [1.29, 1.82) is 0 Å². The van der Waals surface area contributed by atoms with Crippen LogP contribution in [0.3, 0.4) is 0 Å². The van der Waals surface area contributed by atoms with E-state index in [-0.39, 0.29) is 0 Å². The molecular weight excluding hydrogens is 342 g/mol. The average molecular weight is 362 g/mol. The number of ether oxygens (including phenoxy) is 1. The molecule has 4 rings (SSSR count). The topological polar surface area (TPSA) is 30.3 Å². The molecule has 2 aliphatic heterocycles. The summed E-state index contributed by atoms with van der Waals surface area (Å²) in [5.41, 5.74) is 2.80. The minimum Gasteiger partial charge on any atom is -0.493 e. The molecule has 1 aromatic heterocycles. The molecule has 4 nitrogen and oxygen atoms in total. The van der Waals surface area contributed by atoms with Crippen molar-refractivity contribution >= 4 is 15.9 Å². The number of benzene rings is 1. The predicted molar refractivity (Wildman–Crippen MR) is 89.4 cm³/mol. The molecule has 116 valence electrons. The third-order valence-corrected chi connectivity index (χ3v) is 5.07. The van der Waals surface area contributed by atoms with Gasteiger partial charge in [0.15, 0.2) is 0 Å². The molecule has 0 bridgehead atoms. The molecule has 5 heteroatoms. The van der Waals surface area contributed by atoms with Crippen LogP contribution < -0.4 is 4.74 Å². The SMILES string of the molecule is Brc1cnn(C2CCN(CCc3ccc4c(c3)CCO4)C2)c1. The van der Waals surface area contributed by atoms with Gasteiger partial charge in [0, 0.05) is 32.3 Å². The van der Waals surface area contributed by atoms with Crippen molar-refractivity contribution in [2.75, 3.05) is 26.2 Å². The third kappa shape index (κ3) is 2.92. The van der Waals surface area contributed by atoms with Gasteiger partial charge >= 0.3 is 0 Å². The van der Waals surface area contributed by atoms with E-state index in [0.29, 0.717) is 6.04 Å². The van der Waals surface area contributed by atoms with E-state index in [9.17, 15) is 0 Å².